The van der Waals surface area contributed by atoms with Gasteiger partial charge in [0.2, 0.25) is 0 Å². The molecule has 9 heteroatoms. The molecule has 1 aromatic rings. The van der Waals surface area contributed by atoms with Crippen LogP contribution >= 0.6 is 15.9 Å². The average Bonchev–Trinajstić information content (AvgIpc) is 2.39. The number of anilines is 1. The van der Waals surface area contributed by atoms with Crippen LogP contribution < -0.4 is 5.73 Å². The summed E-state index contributed by atoms with van der Waals surface area (Å²) in [5.41, 5.74) is 3.45. The normalized spacial score (nSPS) is 12.1. The molecule has 0 aliphatic heterocycles. The van der Waals surface area contributed by atoms with Gasteiger partial charge in [-0.05, 0) is 39.7 Å². The maximum Gasteiger partial charge on any atom is 0.418 e. The van der Waals surface area contributed by atoms with Gasteiger partial charge in [0.05, 0.1) is 24.8 Å². The quantitative estimate of drug-likeness (QED) is 0.475. The van der Waals surface area contributed by atoms with Gasteiger partial charge in [-0.25, -0.2) is 4.79 Å². The van der Waals surface area contributed by atoms with Crippen molar-refractivity contribution in [1.82, 2.24) is 0 Å². The number of benzene rings is 1. The Hall–Kier alpha value is -2.03. The molecule has 0 aliphatic carbocycles. The van der Waals surface area contributed by atoms with Gasteiger partial charge in [0.15, 0.2) is 0 Å². The number of alkyl halides is 3. The van der Waals surface area contributed by atoms with Crippen molar-refractivity contribution >= 4 is 39.6 Å². The number of nitrogens with two attached hydrogens (primary N) is 1. The summed E-state index contributed by atoms with van der Waals surface area (Å²) < 4.78 is 43.0. The average molecular weight is 382 g/mol. The van der Waals surface area contributed by atoms with E-state index in [-0.39, 0.29) is 15.6 Å². The van der Waals surface area contributed by atoms with E-state index in [4.69, 9.17) is 10.8 Å². The fourth-order valence-electron chi connectivity index (χ4n) is 1.63. The van der Waals surface area contributed by atoms with E-state index in [9.17, 15) is 22.8 Å². The third-order valence-electron chi connectivity index (χ3n) is 2.59. The van der Waals surface area contributed by atoms with Crippen molar-refractivity contribution in [3.63, 3.8) is 0 Å². The Bertz CT molecular complexity index is 641. The molecule has 0 radical (unpaired) electrons. The van der Waals surface area contributed by atoms with Crippen LogP contribution in [0.25, 0.3) is 6.08 Å². The minimum absolute atomic E-state index is 0.0203. The molecule has 0 spiro atoms. The molecule has 0 saturated heterocycles. The Kier molecular flexibility index (Phi) is 5.59. The number of hydrogen-bond acceptors (Lipinski definition) is 4. The first-order valence-electron chi connectivity index (χ1n) is 5.73. The lowest BCUT2D eigenvalue weighted by atomic mass is 10.0. The maximum atomic E-state index is 12.9. The van der Waals surface area contributed by atoms with E-state index in [1.807, 2.05) is 0 Å². The summed E-state index contributed by atoms with van der Waals surface area (Å²) in [6.45, 7) is 0. The van der Waals surface area contributed by atoms with Crippen LogP contribution in [0.15, 0.2) is 22.2 Å². The highest BCUT2D eigenvalue weighted by atomic mass is 79.9. The molecule has 3 N–H and O–H groups in total. The van der Waals surface area contributed by atoms with Crippen molar-refractivity contribution in [2.24, 2.45) is 0 Å². The summed E-state index contributed by atoms with van der Waals surface area (Å²) in [5, 5.41) is 8.73. The van der Waals surface area contributed by atoms with Crippen LogP contribution in [-0.2, 0) is 20.5 Å². The van der Waals surface area contributed by atoms with Gasteiger partial charge in [-0.2, -0.15) is 13.2 Å². The van der Waals surface area contributed by atoms with E-state index in [1.165, 1.54) is 6.07 Å². The van der Waals surface area contributed by atoms with Crippen LogP contribution in [0.3, 0.4) is 0 Å². The monoisotopic (exact) mass is 381 g/mol. The lowest BCUT2D eigenvalue weighted by molar-refractivity contribution is -0.141. The van der Waals surface area contributed by atoms with Gasteiger partial charge in [-0.3, -0.25) is 4.79 Å². The number of nitrogen functional groups attached to an aromatic ring is 1. The van der Waals surface area contributed by atoms with E-state index in [0.29, 0.717) is 0 Å². The van der Waals surface area contributed by atoms with Crippen LogP contribution in [0.1, 0.15) is 17.5 Å². The predicted octanol–water partition coefficient (Wildman–Crippen LogP) is 3.08. The smallest absolute Gasteiger partial charge is 0.418 e. The predicted molar refractivity (Wildman–Crippen MR) is 75.8 cm³/mol. The van der Waals surface area contributed by atoms with E-state index in [2.05, 4.69) is 20.7 Å². The Morgan fingerprint density at radius 2 is 2.00 bits per heavy atom. The highest BCUT2D eigenvalue weighted by Gasteiger charge is 2.34. The van der Waals surface area contributed by atoms with Crippen molar-refractivity contribution < 1.29 is 32.6 Å². The number of rotatable bonds is 4. The fraction of sp³-hybridized carbons (Fsp3) is 0.231. The maximum absolute atomic E-state index is 12.9. The zero-order valence-corrected chi connectivity index (χ0v) is 12.8. The highest BCUT2D eigenvalue weighted by Crippen LogP contribution is 2.38. The van der Waals surface area contributed by atoms with Gasteiger partial charge >= 0.3 is 18.1 Å². The Labute approximate surface area is 131 Å². The van der Waals surface area contributed by atoms with Crippen LogP contribution in [0.5, 0.6) is 0 Å². The molecule has 0 fully saturated rings. The number of ether oxygens (including phenoxy) is 1. The molecule has 0 unspecified atom stereocenters. The molecule has 0 atom stereocenters. The molecule has 0 bridgehead atoms. The van der Waals surface area contributed by atoms with Gasteiger partial charge in [0.25, 0.3) is 0 Å². The molecule has 0 aliphatic rings. The number of carboxylic acids is 1. The second-order valence-electron chi connectivity index (χ2n) is 4.19. The van der Waals surface area contributed by atoms with E-state index in [1.54, 1.807) is 0 Å². The van der Waals surface area contributed by atoms with Crippen LogP contribution in [0, 0.1) is 0 Å². The highest BCUT2D eigenvalue weighted by molar-refractivity contribution is 9.10. The van der Waals surface area contributed by atoms with E-state index < -0.39 is 35.8 Å². The molecule has 0 amide bonds. The van der Waals surface area contributed by atoms with Crippen LogP contribution in [0.4, 0.5) is 18.9 Å². The number of methoxy groups -OCH3 is 1. The summed E-state index contributed by atoms with van der Waals surface area (Å²) in [6.07, 6.45) is -4.36. The fourth-order valence-corrected chi connectivity index (χ4v) is 2.11. The number of carbonyl (C=O) groups excluding carboxylic acids is 1. The molecule has 1 aromatic carbocycles. The standard InChI is InChI=1S/C13H11BrF3NO4/c1-22-12(21)7(5-10(19)20)2-6-3-8(13(15,16)17)11(18)9(14)4-6/h2-4H,5,18H2,1H3,(H,19,20)/b7-2+. The molecule has 0 heterocycles. The van der Waals surface area contributed by atoms with Gasteiger partial charge in [0, 0.05) is 10.0 Å². The molecular formula is C13H11BrF3NO4. The molecule has 1 rings (SSSR count). The number of carbonyl (C=O) groups is 2. The van der Waals surface area contributed by atoms with Crippen molar-refractivity contribution in [1.29, 1.82) is 0 Å². The van der Waals surface area contributed by atoms with E-state index in [0.717, 1.165) is 19.3 Å². The second-order valence-corrected chi connectivity index (χ2v) is 5.05. The van der Waals surface area contributed by atoms with Gasteiger partial charge < -0.3 is 15.6 Å². The minimum atomic E-state index is -4.69. The van der Waals surface area contributed by atoms with Crippen molar-refractivity contribution in [3.05, 3.63) is 33.3 Å². The molecular weight excluding hydrogens is 371 g/mol. The van der Waals surface area contributed by atoms with Crippen LogP contribution in [-0.4, -0.2) is 24.2 Å². The molecule has 22 heavy (non-hydrogen) atoms. The van der Waals surface area contributed by atoms with Crippen molar-refractivity contribution in [2.75, 3.05) is 12.8 Å². The molecule has 0 aromatic heterocycles. The lowest BCUT2D eigenvalue weighted by Crippen LogP contribution is -2.11. The van der Waals surface area contributed by atoms with Gasteiger partial charge in [-0.15, -0.1) is 0 Å². The topological polar surface area (TPSA) is 89.6 Å². The summed E-state index contributed by atoms with van der Waals surface area (Å²) >= 11 is 2.90. The van der Waals surface area contributed by atoms with Crippen LogP contribution in [0.2, 0.25) is 0 Å². The first-order chi connectivity index (χ1) is 10.1. The van der Waals surface area contributed by atoms with Gasteiger partial charge in [0.1, 0.15) is 0 Å². The van der Waals surface area contributed by atoms with E-state index >= 15 is 0 Å². The number of aliphatic carboxylic acids is 1. The molecule has 0 saturated carbocycles. The lowest BCUT2D eigenvalue weighted by Gasteiger charge is -2.13. The van der Waals surface area contributed by atoms with Crippen molar-refractivity contribution in [3.8, 4) is 0 Å². The summed E-state index contributed by atoms with van der Waals surface area (Å²) in [5.74, 6) is -2.26. The zero-order valence-electron chi connectivity index (χ0n) is 11.2. The number of carboxylic acid groups (broad SMARTS) is 1. The third-order valence-corrected chi connectivity index (χ3v) is 3.24. The number of hydrogen-bond donors (Lipinski definition) is 2. The first kappa shape index (κ1) is 18.0. The summed E-state index contributed by atoms with van der Waals surface area (Å²) in [4.78, 5) is 22.2. The minimum Gasteiger partial charge on any atom is -0.481 e. The number of halogens is 4. The first-order valence-corrected chi connectivity index (χ1v) is 6.52. The second kappa shape index (κ2) is 6.82. The summed E-state index contributed by atoms with van der Waals surface area (Å²) in [6, 6.07) is 1.97. The third kappa shape index (κ3) is 4.48. The number of esters is 1. The molecule has 5 nitrogen and oxygen atoms in total. The summed E-state index contributed by atoms with van der Waals surface area (Å²) in [7, 11) is 1.04. The Morgan fingerprint density at radius 1 is 1.41 bits per heavy atom. The van der Waals surface area contributed by atoms with Gasteiger partial charge in [-0.1, -0.05) is 0 Å². The SMILES string of the molecule is COC(=O)/C(=C/c1cc(Br)c(N)c(C(F)(F)F)c1)CC(=O)O. The Morgan fingerprint density at radius 3 is 2.45 bits per heavy atom. The zero-order chi connectivity index (χ0) is 17.1. The van der Waals surface area contributed by atoms with Crippen molar-refractivity contribution in [2.45, 2.75) is 12.6 Å². The molecule has 120 valence electrons. The Balaban J connectivity index is 3.41. The largest absolute Gasteiger partial charge is 0.481 e.